The van der Waals surface area contributed by atoms with Crippen LogP contribution in [0.25, 0.3) is 22.1 Å². The quantitative estimate of drug-likeness (QED) is 0.503. The highest BCUT2D eigenvalue weighted by molar-refractivity contribution is 7.50. The SMILES string of the molecule is O=c1cc(CP(=O)(O)O)c2cc(O)c(-c3ccccc3)cc2o1. The number of phenolic OH excluding ortho intramolecular Hbond substituents is 1. The molecule has 3 aromatic rings. The molecule has 0 bridgehead atoms. The van der Waals surface area contributed by atoms with Crippen molar-refractivity contribution in [2.24, 2.45) is 0 Å². The molecule has 0 saturated carbocycles. The predicted molar refractivity (Wildman–Crippen MR) is 85.3 cm³/mol. The zero-order valence-corrected chi connectivity index (χ0v) is 12.7. The van der Waals surface area contributed by atoms with Gasteiger partial charge in [-0.1, -0.05) is 30.3 Å². The minimum absolute atomic E-state index is 0.0653. The molecule has 118 valence electrons. The molecule has 0 aliphatic carbocycles. The lowest BCUT2D eigenvalue weighted by molar-refractivity contribution is 0.371. The Morgan fingerprint density at radius 2 is 1.74 bits per heavy atom. The number of hydrogen-bond donors (Lipinski definition) is 3. The van der Waals surface area contributed by atoms with Crippen LogP contribution in [0.4, 0.5) is 0 Å². The minimum Gasteiger partial charge on any atom is -0.507 e. The largest absolute Gasteiger partial charge is 0.507 e. The van der Waals surface area contributed by atoms with Crippen molar-refractivity contribution in [1.29, 1.82) is 0 Å². The van der Waals surface area contributed by atoms with Crippen molar-refractivity contribution < 1.29 is 23.9 Å². The van der Waals surface area contributed by atoms with E-state index in [2.05, 4.69) is 0 Å². The average molecular weight is 332 g/mol. The lowest BCUT2D eigenvalue weighted by Gasteiger charge is -2.10. The Labute approximate surface area is 130 Å². The van der Waals surface area contributed by atoms with Gasteiger partial charge in [-0.25, -0.2) is 4.79 Å². The molecule has 3 rings (SSSR count). The van der Waals surface area contributed by atoms with Gasteiger partial charge < -0.3 is 19.3 Å². The summed E-state index contributed by atoms with van der Waals surface area (Å²) in [5.74, 6) is -0.0653. The van der Waals surface area contributed by atoms with Crippen molar-refractivity contribution in [3.8, 4) is 16.9 Å². The molecule has 0 atom stereocenters. The Morgan fingerprint density at radius 3 is 2.39 bits per heavy atom. The molecule has 1 aromatic heterocycles. The molecule has 23 heavy (non-hydrogen) atoms. The van der Waals surface area contributed by atoms with Gasteiger partial charge in [0.15, 0.2) is 0 Å². The maximum absolute atomic E-state index is 11.6. The van der Waals surface area contributed by atoms with E-state index in [0.717, 1.165) is 11.6 Å². The summed E-state index contributed by atoms with van der Waals surface area (Å²) < 4.78 is 16.3. The minimum atomic E-state index is -4.36. The Kier molecular flexibility index (Phi) is 3.82. The molecule has 7 heteroatoms. The van der Waals surface area contributed by atoms with E-state index in [1.165, 1.54) is 12.1 Å². The number of aromatic hydroxyl groups is 1. The van der Waals surface area contributed by atoms with Gasteiger partial charge in [-0.3, -0.25) is 4.57 Å². The summed E-state index contributed by atoms with van der Waals surface area (Å²) in [6, 6.07) is 12.9. The molecule has 0 fully saturated rings. The Bertz CT molecular complexity index is 971. The highest BCUT2D eigenvalue weighted by Gasteiger charge is 2.19. The van der Waals surface area contributed by atoms with Gasteiger partial charge in [0.25, 0.3) is 0 Å². The first-order valence-electron chi connectivity index (χ1n) is 6.73. The summed E-state index contributed by atoms with van der Waals surface area (Å²) in [4.78, 5) is 29.9. The standard InChI is InChI=1S/C16H13O6P/c17-14-7-13-11(9-23(19,20)21)6-16(18)22-15(13)8-12(14)10-4-2-1-3-5-10/h1-8,17H,9H2,(H2,19,20,21). The molecule has 0 amide bonds. The highest BCUT2D eigenvalue weighted by atomic mass is 31.2. The Morgan fingerprint density at radius 1 is 1.04 bits per heavy atom. The van der Waals surface area contributed by atoms with Gasteiger partial charge in [0.1, 0.15) is 11.3 Å². The molecule has 2 aromatic carbocycles. The van der Waals surface area contributed by atoms with E-state index in [1.54, 1.807) is 24.3 Å². The van der Waals surface area contributed by atoms with Crippen molar-refractivity contribution in [2.75, 3.05) is 0 Å². The average Bonchev–Trinajstić information content (AvgIpc) is 2.47. The lowest BCUT2D eigenvalue weighted by Crippen LogP contribution is -2.01. The van der Waals surface area contributed by atoms with E-state index < -0.39 is 19.4 Å². The van der Waals surface area contributed by atoms with Crippen molar-refractivity contribution in [3.63, 3.8) is 0 Å². The zero-order valence-electron chi connectivity index (χ0n) is 11.8. The molecule has 0 radical (unpaired) electrons. The van der Waals surface area contributed by atoms with Crippen LogP contribution in [-0.4, -0.2) is 14.9 Å². The summed E-state index contributed by atoms with van der Waals surface area (Å²) in [5.41, 5.74) is 0.798. The van der Waals surface area contributed by atoms with E-state index >= 15 is 0 Å². The molecule has 6 nitrogen and oxygen atoms in total. The monoisotopic (exact) mass is 332 g/mol. The second-order valence-electron chi connectivity index (χ2n) is 5.15. The zero-order chi connectivity index (χ0) is 16.6. The van der Waals surface area contributed by atoms with Gasteiger partial charge in [0.05, 0.1) is 6.16 Å². The van der Waals surface area contributed by atoms with Crippen molar-refractivity contribution in [3.05, 3.63) is 64.5 Å². The van der Waals surface area contributed by atoms with Crippen LogP contribution >= 0.6 is 7.60 Å². The molecule has 0 aliphatic rings. The maximum Gasteiger partial charge on any atom is 0.336 e. The van der Waals surface area contributed by atoms with Gasteiger partial charge in [-0.15, -0.1) is 0 Å². The molecular weight excluding hydrogens is 319 g/mol. The number of hydrogen-bond acceptors (Lipinski definition) is 4. The number of benzene rings is 2. The van der Waals surface area contributed by atoms with Crippen LogP contribution in [0.1, 0.15) is 5.56 Å². The summed E-state index contributed by atoms with van der Waals surface area (Å²) in [6.07, 6.45) is -0.598. The smallest absolute Gasteiger partial charge is 0.336 e. The first-order valence-corrected chi connectivity index (χ1v) is 8.53. The summed E-state index contributed by atoms with van der Waals surface area (Å²) in [6.45, 7) is 0. The molecule has 3 N–H and O–H groups in total. The van der Waals surface area contributed by atoms with E-state index in [9.17, 15) is 14.5 Å². The number of rotatable bonds is 3. The van der Waals surface area contributed by atoms with Crippen molar-refractivity contribution in [2.45, 2.75) is 6.16 Å². The summed E-state index contributed by atoms with van der Waals surface area (Å²) in [7, 11) is -4.36. The van der Waals surface area contributed by atoms with Gasteiger partial charge in [0, 0.05) is 17.0 Å². The third-order valence-electron chi connectivity index (χ3n) is 3.41. The predicted octanol–water partition coefficient (Wildman–Crippen LogP) is 2.84. The topological polar surface area (TPSA) is 108 Å². The molecule has 0 saturated heterocycles. The number of phenols is 1. The first-order chi connectivity index (χ1) is 10.8. The third kappa shape index (κ3) is 3.35. The van der Waals surface area contributed by atoms with Crippen LogP contribution in [0.3, 0.4) is 0 Å². The van der Waals surface area contributed by atoms with Gasteiger partial charge in [-0.05, 0) is 23.3 Å². The first kappa shape index (κ1) is 15.5. The van der Waals surface area contributed by atoms with E-state index in [0.29, 0.717) is 10.9 Å². The van der Waals surface area contributed by atoms with Crippen LogP contribution in [0.5, 0.6) is 5.75 Å². The van der Waals surface area contributed by atoms with Gasteiger partial charge in [0.2, 0.25) is 0 Å². The maximum atomic E-state index is 11.6. The fourth-order valence-corrected chi connectivity index (χ4v) is 3.17. The van der Waals surface area contributed by atoms with Crippen LogP contribution in [0, 0.1) is 0 Å². The normalized spacial score (nSPS) is 11.7. The van der Waals surface area contributed by atoms with E-state index in [4.69, 9.17) is 14.2 Å². The number of fused-ring (bicyclic) bond motifs is 1. The van der Waals surface area contributed by atoms with E-state index in [-0.39, 0.29) is 16.9 Å². The fraction of sp³-hybridized carbons (Fsp3) is 0.0625. The molecule has 0 spiro atoms. The van der Waals surface area contributed by atoms with Gasteiger partial charge in [-0.2, -0.15) is 0 Å². The van der Waals surface area contributed by atoms with Crippen LogP contribution in [-0.2, 0) is 10.7 Å². The summed E-state index contributed by atoms with van der Waals surface area (Å²) in [5, 5.41) is 10.5. The molecule has 0 aliphatic heterocycles. The summed E-state index contributed by atoms with van der Waals surface area (Å²) >= 11 is 0. The lowest BCUT2D eigenvalue weighted by atomic mass is 10.0. The van der Waals surface area contributed by atoms with Crippen molar-refractivity contribution >= 4 is 18.6 Å². The van der Waals surface area contributed by atoms with Gasteiger partial charge >= 0.3 is 13.2 Å². The fourth-order valence-electron chi connectivity index (χ4n) is 2.46. The molecule has 1 heterocycles. The highest BCUT2D eigenvalue weighted by Crippen LogP contribution is 2.42. The van der Waals surface area contributed by atoms with Crippen LogP contribution < -0.4 is 5.63 Å². The second kappa shape index (κ2) is 5.66. The van der Waals surface area contributed by atoms with Crippen molar-refractivity contribution in [1.82, 2.24) is 0 Å². The van der Waals surface area contributed by atoms with E-state index in [1.807, 2.05) is 6.07 Å². The van der Waals surface area contributed by atoms with Crippen LogP contribution in [0.15, 0.2) is 57.7 Å². The molecular formula is C16H13O6P. The van der Waals surface area contributed by atoms with Crippen LogP contribution in [0.2, 0.25) is 0 Å². The second-order valence-corrected chi connectivity index (χ2v) is 6.79. The third-order valence-corrected chi connectivity index (χ3v) is 4.16. The Balaban J connectivity index is 2.25. The molecule has 0 unspecified atom stereocenters. The Hall–Kier alpha value is -2.40.